The van der Waals surface area contributed by atoms with Crippen molar-refractivity contribution in [3.63, 3.8) is 0 Å². The number of ether oxygens (including phenoxy) is 3. The number of methoxy groups -OCH3 is 3. The van der Waals surface area contributed by atoms with E-state index in [1.54, 1.807) is 44.4 Å². The molecular formula is C20H23ClN2O4. The minimum atomic E-state index is -0.378. The van der Waals surface area contributed by atoms with Crippen LogP contribution in [0.1, 0.15) is 35.4 Å². The van der Waals surface area contributed by atoms with Gasteiger partial charge in [-0.25, -0.2) is 0 Å². The number of hydrogen-bond donors (Lipinski definition) is 1. The summed E-state index contributed by atoms with van der Waals surface area (Å²) in [6.07, 6.45) is 0.453. The molecule has 1 aliphatic rings. The molecule has 7 heteroatoms. The fourth-order valence-electron chi connectivity index (χ4n) is 3.31. The highest BCUT2D eigenvalue weighted by molar-refractivity contribution is 6.31. The van der Waals surface area contributed by atoms with Gasteiger partial charge in [-0.1, -0.05) is 18.5 Å². The molecule has 144 valence electrons. The van der Waals surface area contributed by atoms with Gasteiger partial charge in [0.05, 0.1) is 32.6 Å². The Hall–Kier alpha value is -2.60. The molecule has 0 bridgehead atoms. The molecule has 3 rings (SSSR count). The lowest BCUT2D eigenvalue weighted by molar-refractivity contribution is 0.0682. The summed E-state index contributed by atoms with van der Waals surface area (Å²) >= 11 is 6.13. The molecule has 27 heavy (non-hydrogen) atoms. The maximum Gasteiger partial charge on any atom is 0.257 e. The van der Waals surface area contributed by atoms with E-state index in [0.29, 0.717) is 40.1 Å². The third-order valence-corrected chi connectivity index (χ3v) is 4.78. The highest BCUT2D eigenvalue weighted by atomic mass is 35.5. The molecule has 1 aliphatic heterocycles. The van der Waals surface area contributed by atoms with Crippen molar-refractivity contribution in [3.05, 3.63) is 46.5 Å². The van der Waals surface area contributed by atoms with Crippen molar-refractivity contribution in [1.82, 2.24) is 4.90 Å². The second-order valence-corrected chi connectivity index (χ2v) is 6.63. The number of nitrogens with one attached hydrogen (secondary N) is 1. The van der Waals surface area contributed by atoms with Gasteiger partial charge >= 0.3 is 0 Å². The highest BCUT2D eigenvalue weighted by Gasteiger charge is 2.33. The third kappa shape index (κ3) is 3.49. The molecule has 1 atom stereocenters. The van der Waals surface area contributed by atoms with E-state index in [1.165, 1.54) is 0 Å². The van der Waals surface area contributed by atoms with E-state index in [9.17, 15) is 4.79 Å². The van der Waals surface area contributed by atoms with Crippen molar-refractivity contribution >= 4 is 23.2 Å². The van der Waals surface area contributed by atoms with Gasteiger partial charge in [0.15, 0.2) is 11.5 Å². The number of fused-ring (bicyclic) bond motifs is 1. The number of benzene rings is 2. The predicted molar refractivity (Wildman–Crippen MR) is 105 cm³/mol. The number of carbonyl (C=O) groups is 1. The first kappa shape index (κ1) is 19.2. The summed E-state index contributed by atoms with van der Waals surface area (Å²) < 4.78 is 16.3. The molecule has 0 radical (unpaired) electrons. The molecule has 0 aromatic heterocycles. The monoisotopic (exact) mass is 390 g/mol. The molecule has 2 aromatic rings. The molecular weight excluding hydrogens is 368 g/mol. The van der Waals surface area contributed by atoms with Crippen LogP contribution in [0, 0.1) is 0 Å². The van der Waals surface area contributed by atoms with Crippen molar-refractivity contribution in [1.29, 1.82) is 0 Å². The Morgan fingerprint density at radius 1 is 1.07 bits per heavy atom. The largest absolute Gasteiger partial charge is 0.493 e. The van der Waals surface area contributed by atoms with Crippen molar-refractivity contribution in [2.24, 2.45) is 0 Å². The Kier molecular flexibility index (Phi) is 5.65. The number of anilines is 1. The lowest BCUT2D eigenvalue weighted by atomic mass is 10.0. The van der Waals surface area contributed by atoms with Crippen LogP contribution in [0.15, 0.2) is 30.3 Å². The molecule has 0 fully saturated rings. The molecule has 0 saturated carbocycles. The number of halogens is 1. The summed E-state index contributed by atoms with van der Waals surface area (Å²) in [6, 6.07) is 8.95. The Bertz CT molecular complexity index is 831. The van der Waals surface area contributed by atoms with Crippen LogP contribution in [0.25, 0.3) is 0 Å². The molecule has 1 unspecified atom stereocenters. The summed E-state index contributed by atoms with van der Waals surface area (Å²) in [5.41, 5.74) is 2.15. The standard InChI is InChI=1S/C20H23ClN2O4/c1-5-8-23-19(22-15-11-13(21)6-7-14(15)20(23)24)12-9-16(25-2)18(27-4)17(10-12)26-3/h6-7,9-11,19,22H,5,8H2,1-4H3. The molecule has 1 amide bonds. The molecule has 6 nitrogen and oxygen atoms in total. The predicted octanol–water partition coefficient (Wildman–Crippen LogP) is 4.34. The lowest BCUT2D eigenvalue weighted by Crippen LogP contribution is -2.43. The van der Waals surface area contributed by atoms with Gasteiger partial charge in [0.2, 0.25) is 5.75 Å². The maximum atomic E-state index is 13.1. The van der Waals surface area contributed by atoms with Gasteiger partial charge in [-0.3, -0.25) is 4.79 Å². The van der Waals surface area contributed by atoms with E-state index in [1.807, 2.05) is 19.1 Å². The SMILES string of the molecule is CCCN1C(=O)c2ccc(Cl)cc2NC1c1cc(OC)c(OC)c(OC)c1. The zero-order chi connectivity index (χ0) is 19.6. The van der Waals surface area contributed by atoms with Gasteiger partial charge in [-0.05, 0) is 36.8 Å². The van der Waals surface area contributed by atoms with Crippen LogP contribution in [0.5, 0.6) is 17.2 Å². The maximum absolute atomic E-state index is 13.1. The van der Waals surface area contributed by atoms with Gasteiger partial charge in [0, 0.05) is 17.1 Å². The molecule has 0 saturated heterocycles. The topological polar surface area (TPSA) is 60.0 Å². The average molecular weight is 391 g/mol. The zero-order valence-corrected chi connectivity index (χ0v) is 16.6. The fraction of sp³-hybridized carbons (Fsp3) is 0.350. The van der Waals surface area contributed by atoms with Crippen LogP contribution < -0.4 is 19.5 Å². The Labute approximate surface area is 164 Å². The van der Waals surface area contributed by atoms with Gasteiger partial charge in [0.25, 0.3) is 5.91 Å². The zero-order valence-electron chi connectivity index (χ0n) is 15.8. The minimum absolute atomic E-state index is 0.0407. The average Bonchev–Trinajstić information content (AvgIpc) is 2.68. The lowest BCUT2D eigenvalue weighted by Gasteiger charge is -2.38. The molecule has 0 aliphatic carbocycles. The van der Waals surface area contributed by atoms with Crippen LogP contribution in [0.3, 0.4) is 0 Å². The Morgan fingerprint density at radius 2 is 1.74 bits per heavy atom. The first-order chi connectivity index (χ1) is 13.0. The molecule has 2 aromatic carbocycles. The van der Waals surface area contributed by atoms with E-state index in [-0.39, 0.29) is 12.1 Å². The Morgan fingerprint density at radius 3 is 2.30 bits per heavy atom. The first-order valence-electron chi connectivity index (χ1n) is 8.71. The molecule has 0 spiro atoms. The van der Waals surface area contributed by atoms with Crippen molar-refractivity contribution < 1.29 is 19.0 Å². The minimum Gasteiger partial charge on any atom is -0.493 e. The van der Waals surface area contributed by atoms with E-state index in [0.717, 1.165) is 12.0 Å². The smallest absolute Gasteiger partial charge is 0.257 e. The normalized spacial score (nSPS) is 15.8. The van der Waals surface area contributed by atoms with E-state index in [4.69, 9.17) is 25.8 Å². The highest BCUT2D eigenvalue weighted by Crippen LogP contribution is 2.42. The van der Waals surface area contributed by atoms with Crippen LogP contribution in [0.4, 0.5) is 5.69 Å². The van der Waals surface area contributed by atoms with Crippen molar-refractivity contribution in [2.45, 2.75) is 19.5 Å². The summed E-state index contributed by atoms with van der Waals surface area (Å²) in [6.45, 7) is 2.64. The van der Waals surface area contributed by atoms with Crippen LogP contribution in [-0.2, 0) is 0 Å². The van der Waals surface area contributed by atoms with Gasteiger partial charge in [-0.15, -0.1) is 0 Å². The first-order valence-corrected chi connectivity index (χ1v) is 9.08. The van der Waals surface area contributed by atoms with Crippen molar-refractivity contribution in [2.75, 3.05) is 33.2 Å². The molecule has 1 N–H and O–H groups in total. The van der Waals surface area contributed by atoms with E-state index < -0.39 is 0 Å². The summed E-state index contributed by atoms with van der Waals surface area (Å²) in [5, 5.41) is 4.00. The van der Waals surface area contributed by atoms with Gasteiger partial charge < -0.3 is 24.4 Å². The summed E-state index contributed by atoms with van der Waals surface area (Å²) in [4.78, 5) is 14.9. The third-order valence-electron chi connectivity index (χ3n) is 4.54. The van der Waals surface area contributed by atoms with Crippen molar-refractivity contribution in [3.8, 4) is 17.2 Å². The quantitative estimate of drug-likeness (QED) is 0.794. The second-order valence-electron chi connectivity index (χ2n) is 6.19. The summed E-state index contributed by atoms with van der Waals surface area (Å²) in [7, 11) is 4.70. The number of nitrogens with zero attached hydrogens (tertiary/aromatic N) is 1. The van der Waals surface area contributed by atoms with E-state index >= 15 is 0 Å². The van der Waals surface area contributed by atoms with Gasteiger partial charge in [0.1, 0.15) is 6.17 Å². The van der Waals surface area contributed by atoms with Gasteiger partial charge in [-0.2, -0.15) is 0 Å². The number of hydrogen-bond acceptors (Lipinski definition) is 5. The number of amides is 1. The fourth-order valence-corrected chi connectivity index (χ4v) is 3.49. The second kappa shape index (κ2) is 7.96. The Balaban J connectivity index is 2.12. The summed E-state index contributed by atoms with van der Waals surface area (Å²) in [5.74, 6) is 1.54. The van der Waals surface area contributed by atoms with Crippen LogP contribution in [0.2, 0.25) is 5.02 Å². The number of rotatable bonds is 6. The van der Waals surface area contributed by atoms with Crippen LogP contribution in [-0.4, -0.2) is 38.7 Å². The van der Waals surface area contributed by atoms with E-state index in [2.05, 4.69) is 5.32 Å². The van der Waals surface area contributed by atoms with Crippen LogP contribution >= 0.6 is 11.6 Å². The molecule has 1 heterocycles. The number of carbonyl (C=O) groups excluding carboxylic acids is 1.